The van der Waals surface area contributed by atoms with E-state index in [1.165, 1.54) is 0 Å². The van der Waals surface area contributed by atoms with E-state index in [1.54, 1.807) is 18.3 Å². The van der Waals surface area contributed by atoms with Gasteiger partial charge in [0.1, 0.15) is 11.8 Å². The Hall–Kier alpha value is -4.33. The van der Waals surface area contributed by atoms with Crippen LogP contribution in [0.2, 0.25) is 0 Å². The second kappa shape index (κ2) is 9.37. The molecule has 8 nitrogen and oxygen atoms in total. The van der Waals surface area contributed by atoms with Crippen molar-refractivity contribution in [1.82, 2.24) is 20.0 Å². The average molecular weight is 481 g/mol. The summed E-state index contributed by atoms with van der Waals surface area (Å²) < 4.78 is 11.2. The molecule has 0 radical (unpaired) electrons. The zero-order valence-electron chi connectivity index (χ0n) is 19.5. The van der Waals surface area contributed by atoms with Crippen molar-refractivity contribution in [1.29, 1.82) is 0 Å². The normalized spacial score (nSPS) is 17.9. The number of ether oxygens (including phenoxy) is 1. The highest BCUT2D eigenvalue weighted by Gasteiger charge is 2.31. The zero-order valence-corrected chi connectivity index (χ0v) is 19.5. The molecule has 0 N–H and O–H groups in total. The molecule has 1 fully saturated rings. The maximum atomic E-state index is 13.3. The predicted octanol–water partition coefficient (Wildman–Crippen LogP) is 4.61. The maximum Gasteiger partial charge on any atom is 0.339 e. The smallest absolute Gasteiger partial charge is 0.339 e. The van der Waals surface area contributed by atoms with Crippen molar-refractivity contribution in [3.63, 3.8) is 0 Å². The van der Waals surface area contributed by atoms with Crippen molar-refractivity contribution in [3.8, 4) is 11.5 Å². The van der Waals surface area contributed by atoms with Crippen LogP contribution in [0.4, 0.5) is 0 Å². The number of benzene rings is 2. The summed E-state index contributed by atoms with van der Waals surface area (Å²) in [7, 11) is 0. The number of hydrogen-bond acceptors (Lipinski definition) is 7. The molecule has 4 heterocycles. The van der Waals surface area contributed by atoms with Crippen molar-refractivity contribution in [3.05, 3.63) is 101 Å². The van der Waals surface area contributed by atoms with E-state index in [2.05, 4.69) is 15.1 Å². The molecule has 2 aromatic carbocycles. The Morgan fingerprint density at radius 2 is 1.78 bits per heavy atom. The van der Waals surface area contributed by atoms with Crippen molar-refractivity contribution in [2.45, 2.75) is 31.3 Å². The molecular formula is C28H24N4O4. The summed E-state index contributed by atoms with van der Waals surface area (Å²) in [4.78, 5) is 36.5. The van der Waals surface area contributed by atoms with Crippen LogP contribution in [0.25, 0.3) is 11.5 Å². The molecular weight excluding hydrogens is 456 g/mol. The maximum absolute atomic E-state index is 13.3. The fourth-order valence-electron chi connectivity index (χ4n) is 4.89. The molecule has 1 unspecified atom stereocenters. The molecule has 0 spiro atoms. The molecule has 2 aromatic heterocycles. The summed E-state index contributed by atoms with van der Waals surface area (Å²) in [5.41, 5.74) is 3.57. The molecule has 0 aliphatic carbocycles. The lowest BCUT2D eigenvalue weighted by atomic mass is 9.92. The minimum atomic E-state index is -0.352. The molecule has 4 aromatic rings. The lowest BCUT2D eigenvalue weighted by Gasteiger charge is -2.31. The number of cyclic esters (lactones) is 1. The van der Waals surface area contributed by atoms with E-state index in [0.29, 0.717) is 48.0 Å². The molecule has 2 aliphatic heterocycles. The van der Waals surface area contributed by atoms with Crippen LogP contribution in [0, 0.1) is 0 Å². The van der Waals surface area contributed by atoms with Gasteiger partial charge in [-0.05, 0) is 54.3 Å². The molecule has 6 rings (SSSR count). The van der Waals surface area contributed by atoms with Crippen molar-refractivity contribution < 1.29 is 18.8 Å². The van der Waals surface area contributed by atoms with Gasteiger partial charge in [0.05, 0.1) is 5.56 Å². The van der Waals surface area contributed by atoms with Gasteiger partial charge in [0.2, 0.25) is 11.7 Å². The lowest BCUT2D eigenvalue weighted by molar-refractivity contribution is 0.0252. The largest absolute Gasteiger partial charge is 0.454 e. The Balaban J connectivity index is 1.13. The molecule has 36 heavy (non-hydrogen) atoms. The van der Waals surface area contributed by atoms with E-state index >= 15 is 0 Å². The van der Waals surface area contributed by atoms with Crippen LogP contribution in [0.3, 0.4) is 0 Å². The van der Waals surface area contributed by atoms with Crippen LogP contribution in [0.15, 0.2) is 77.4 Å². The highest BCUT2D eigenvalue weighted by Crippen LogP contribution is 2.32. The second-order valence-corrected chi connectivity index (χ2v) is 9.12. The minimum Gasteiger partial charge on any atom is -0.454 e. The third kappa shape index (κ3) is 4.26. The van der Waals surface area contributed by atoms with E-state index < -0.39 is 0 Å². The minimum absolute atomic E-state index is 0.0360. The Labute approximate surface area is 207 Å². The number of carbonyl (C=O) groups excluding carboxylic acids is 2. The molecule has 0 bridgehead atoms. The van der Waals surface area contributed by atoms with Crippen LogP contribution in [-0.2, 0) is 11.2 Å². The number of carbonyl (C=O) groups is 2. The highest BCUT2D eigenvalue weighted by atomic mass is 16.5. The first-order chi connectivity index (χ1) is 17.7. The Bertz CT molecular complexity index is 1400. The van der Waals surface area contributed by atoms with Gasteiger partial charge < -0.3 is 14.2 Å². The molecule has 1 amide bonds. The van der Waals surface area contributed by atoms with E-state index in [1.807, 2.05) is 59.5 Å². The summed E-state index contributed by atoms with van der Waals surface area (Å²) in [6.45, 7) is 1.19. The molecule has 1 saturated heterocycles. The lowest BCUT2D eigenvalue weighted by Crippen LogP contribution is -2.38. The summed E-state index contributed by atoms with van der Waals surface area (Å²) in [6.07, 6.45) is 3.37. The van der Waals surface area contributed by atoms with Gasteiger partial charge in [0.25, 0.3) is 5.91 Å². The van der Waals surface area contributed by atoms with E-state index in [4.69, 9.17) is 9.26 Å². The summed E-state index contributed by atoms with van der Waals surface area (Å²) in [5, 5.41) is 4.07. The number of esters is 1. The third-order valence-electron chi connectivity index (χ3n) is 6.87. The second-order valence-electron chi connectivity index (χ2n) is 9.12. The van der Waals surface area contributed by atoms with Gasteiger partial charge in [-0.2, -0.15) is 4.98 Å². The van der Waals surface area contributed by atoms with E-state index in [0.717, 1.165) is 24.0 Å². The number of amides is 1. The average Bonchev–Trinajstić information content (AvgIpc) is 3.44. The van der Waals surface area contributed by atoms with Crippen LogP contribution in [-0.4, -0.2) is 45.0 Å². The van der Waals surface area contributed by atoms with Crippen molar-refractivity contribution in [2.75, 3.05) is 13.1 Å². The Kier molecular flexibility index (Phi) is 5.77. The number of likely N-dealkylation sites (tertiary alicyclic amines) is 1. The van der Waals surface area contributed by atoms with Crippen molar-refractivity contribution in [2.24, 2.45) is 0 Å². The van der Waals surface area contributed by atoms with Gasteiger partial charge >= 0.3 is 5.97 Å². The zero-order chi connectivity index (χ0) is 24.5. The number of nitrogens with zero attached hydrogens (tertiary/aromatic N) is 4. The number of piperidine rings is 1. The first-order valence-electron chi connectivity index (χ1n) is 12.1. The fraction of sp³-hybridized carbons (Fsp3) is 0.250. The molecule has 2 aliphatic rings. The predicted molar refractivity (Wildman–Crippen MR) is 130 cm³/mol. The number of aromatic nitrogens is 3. The highest BCUT2D eigenvalue weighted by molar-refractivity contribution is 5.97. The van der Waals surface area contributed by atoms with E-state index in [9.17, 15) is 9.59 Å². The van der Waals surface area contributed by atoms with Gasteiger partial charge in [-0.3, -0.25) is 9.78 Å². The van der Waals surface area contributed by atoms with Gasteiger partial charge in [-0.15, -0.1) is 0 Å². The topological polar surface area (TPSA) is 98.4 Å². The molecule has 1 atom stereocenters. The standard InChI is InChI=1S/C28H24N4O4/c33-27(20-9-10-22-21(16-20)17-24(35-28(22)34)18-6-2-1-3-7-18)32-14-11-19(12-15-32)26-30-25(31-36-26)23-8-4-5-13-29-23/h1-10,13,16,19,24H,11-12,14-15,17H2. The SMILES string of the molecule is O=C1OC(c2ccccc2)Cc2cc(C(=O)N3CCC(c4nc(-c5ccccn5)no4)CC3)ccc21. The summed E-state index contributed by atoms with van der Waals surface area (Å²) in [6, 6.07) is 20.5. The first-order valence-corrected chi connectivity index (χ1v) is 12.1. The summed E-state index contributed by atoms with van der Waals surface area (Å²) in [5.74, 6) is 0.775. The molecule has 180 valence electrons. The van der Waals surface area contributed by atoms with Gasteiger partial charge in [0.15, 0.2) is 0 Å². The van der Waals surface area contributed by atoms with Crippen LogP contribution >= 0.6 is 0 Å². The van der Waals surface area contributed by atoms with Crippen LogP contribution < -0.4 is 0 Å². The fourth-order valence-corrected chi connectivity index (χ4v) is 4.89. The van der Waals surface area contributed by atoms with Gasteiger partial charge in [-0.25, -0.2) is 4.79 Å². The van der Waals surface area contributed by atoms with Crippen molar-refractivity contribution >= 4 is 11.9 Å². The number of pyridine rings is 1. The van der Waals surface area contributed by atoms with Crippen LogP contribution in [0.5, 0.6) is 0 Å². The van der Waals surface area contributed by atoms with Gasteiger partial charge in [-0.1, -0.05) is 41.6 Å². The molecule has 0 saturated carbocycles. The summed E-state index contributed by atoms with van der Waals surface area (Å²) >= 11 is 0. The number of rotatable bonds is 4. The molecule has 8 heteroatoms. The van der Waals surface area contributed by atoms with Crippen LogP contribution in [0.1, 0.15) is 62.6 Å². The monoisotopic (exact) mass is 480 g/mol. The number of fused-ring (bicyclic) bond motifs is 1. The third-order valence-corrected chi connectivity index (χ3v) is 6.87. The Morgan fingerprint density at radius 1 is 0.972 bits per heavy atom. The number of hydrogen-bond donors (Lipinski definition) is 0. The first kappa shape index (κ1) is 22.2. The van der Waals surface area contributed by atoms with E-state index in [-0.39, 0.29) is 23.9 Å². The Morgan fingerprint density at radius 3 is 2.56 bits per heavy atom. The quantitative estimate of drug-likeness (QED) is 0.394. The van der Waals surface area contributed by atoms with Gasteiger partial charge in [0, 0.05) is 37.2 Å².